The molecular weight excluding hydrogens is 801 g/mol. The van der Waals surface area contributed by atoms with Crippen molar-refractivity contribution in [2.75, 3.05) is 0 Å². The Balaban J connectivity index is 0.000000347. The zero-order valence-corrected chi connectivity index (χ0v) is 33.9. The number of carbonyl (C=O) groups excluding carboxylic acids is 1. The van der Waals surface area contributed by atoms with Crippen LogP contribution < -0.4 is 0 Å². The van der Waals surface area contributed by atoms with Gasteiger partial charge in [0.1, 0.15) is 0 Å². The van der Waals surface area contributed by atoms with Gasteiger partial charge in [-0.3, -0.25) is 14.8 Å². The first kappa shape index (κ1) is 40.3. The molecule has 0 bridgehead atoms. The number of hydrogen-bond acceptors (Lipinski definition) is 5. The molecule has 5 rings (SSSR count). The van der Waals surface area contributed by atoms with E-state index in [1.54, 1.807) is 0 Å². The summed E-state index contributed by atoms with van der Waals surface area (Å²) in [5, 5.41) is 15.7. The molecule has 0 saturated carbocycles. The number of fused-ring (bicyclic) bond motifs is 2. The smallest absolute Gasteiger partial charge is 0.162 e. The molecule has 3 heterocycles. The molecule has 263 valence electrons. The zero-order valence-electron chi connectivity index (χ0n) is 30.7. The molecule has 0 aliphatic carbocycles. The number of ketones is 1. The van der Waals surface area contributed by atoms with Crippen molar-refractivity contribution in [1.29, 1.82) is 0 Å². The Kier molecular flexibility index (Phi) is 14.9. The van der Waals surface area contributed by atoms with Crippen molar-refractivity contribution >= 4 is 38.0 Å². The summed E-state index contributed by atoms with van der Waals surface area (Å²) in [6, 6.07) is 18.7. The summed E-state index contributed by atoms with van der Waals surface area (Å²) in [5.74, 6) is 1.17. The van der Waals surface area contributed by atoms with Crippen molar-refractivity contribution in [2.45, 2.75) is 99.8 Å². The second kappa shape index (κ2) is 18.2. The van der Waals surface area contributed by atoms with Crippen molar-refractivity contribution in [3.05, 3.63) is 95.5 Å². The van der Waals surface area contributed by atoms with Crippen LogP contribution in [0.5, 0.6) is 0 Å². The number of carbonyl (C=O) groups is 1. The summed E-state index contributed by atoms with van der Waals surface area (Å²) >= 11 is 1.82. The average molecular weight is 854 g/mol. The molecule has 3 aromatic heterocycles. The fourth-order valence-corrected chi connectivity index (χ4v) is 7.41. The van der Waals surface area contributed by atoms with E-state index in [0.717, 1.165) is 54.3 Å². The number of rotatable bonds is 11. The minimum Gasteiger partial charge on any atom is -0.512 e. The van der Waals surface area contributed by atoms with Gasteiger partial charge in [-0.15, -0.1) is 40.5 Å². The second-order valence-electron chi connectivity index (χ2n) is 14.2. The molecule has 6 heteroatoms. The van der Waals surface area contributed by atoms with Gasteiger partial charge in [-0.2, -0.15) is 0 Å². The van der Waals surface area contributed by atoms with Crippen LogP contribution >= 0.6 is 11.3 Å². The van der Waals surface area contributed by atoms with E-state index in [0.29, 0.717) is 5.92 Å². The van der Waals surface area contributed by atoms with Crippen LogP contribution in [-0.4, -0.2) is 20.9 Å². The molecule has 0 spiro atoms. The summed E-state index contributed by atoms with van der Waals surface area (Å²) in [5.41, 5.74) is 7.04. The molecule has 49 heavy (non-hydrogen) atoms. The van der Waals surface area contributed by atoms with E-state index in [2.05, 4.69) is 93.5 Å². The molecule has 1 N–H and O–H groups in total. The molecule has 0 aliphatic rings. The van der Waals surface area contributed by atoms with Gasteiger partial charge in [0.2, 0.25) is 0 Å². The molecule has 0 fully saturated rings. The molecular formula is C43H53IrN2O2S-. The van der Waals surface area contributed by atoms with E-state index in [4.69, 9.17) is 4.98 Å². The first-order valence-electron chi connectivity index (χ1n) is 17.6. The van der Waals surface area contributed by atoms with Crippen LogP contribution in [-0.2, 0) is 36.7 Å². The summed E-state index contributed by atoms with van der Waals surface area (Å²) in [4.78, 5) is 21.1. The van der Waals surface area contributed by atoms with Crippen LogP contribution in [0, 0.1) is 23.8 Å². The van der Waals surface area contributed by atoms with Crippen LogP contribution in [0.15, 0.2) is 78.3 Å². The monoisotopic (exact) mass is 854 g/mol. The zero-order chi connectivity index (χ0) is 35.0. The number of thiophene rings is 1. The Morgan fingerprint density at radius 2 is 1.61 bits per heavy atom. The van der Waals surface area contributed by atoms with Gasteiger partial charge in [-0.1, -0.05) is 97.5 Å². The van der Waals surface area contributed by atoms with Crippen molar-refractivity contribution in [3.63, 3.8) is 0 Å². The van der Waals surface area contributed by atoms with Gasteiger partial charge in [-0.25, -0.2) is 0 Å². The predicted molar refractivity (Wildman–Crippen MR) is 206 cm³/mol. The number of pyridine rings is 2. The maximum atomic E-state index is 11.7. The standard InChI is InChI=1S/C30H29N2S.C13H24O2.Ir/c1-19(2)12-23-18-33-29-25(16-31-17-26(23)29)21-10-11-32-28(15-21)22-13-20-8-6-7-9-24(20)27(14-22)30(3,4)5;1-5-10(6-2)12(14)9-13(15)11(7-3)8-4;/h6-11,14-19H,12H2,1-5H3;9-11,14H,5-8H2,1-4H3;/q-1;;/b;12-9-;. The number of hydrogen-bond donors (Lipinski definition) is 1. The Bertz CT molecular complexity index is 1860. The topological polar surface area (TPSA) is 63.1 Å². The van der Waals surface area contributed by atoms with Crippen LogP contribution in [0.4, 0.5) is 0 Å². The van der Waals surface area contributed by atoms with Crippen molar-refractivity contribution in [1.82, 2.24) is 9.97 Å². The molecule has 2 aromatic carbocycles. The van der Waals surface area contributed by atoms with Gasteiger partial charge < -0.3 is 5.11 Å². The molecule has 0 amide bonds. The van der Waals surface area contributed by atoms with Crippen LogP contribution in [0.1, 0.15) is 99.1 Å². The summed E-state index contributed by atoms with van der Waals surface area (Å²) in [6.07, 6.45) is 11.9. The number of allylic oxidation sites excluding steroid dienone is 2. The fraction of sp³-hybridized carbons (Fsp3) is 0.419. The van der Waals surface area contributed by atoms with Gasteiger partial charge in [-0.05, 0) is 66.0 Å². The molecule has 0 atom stereocenters. The number of benzene rings is 2. The molecule has 0 saturated heterocycles. The summed E-state index contributed by atoms with van der Waals surface area (Å²) in [6.45, 7) is 19.4. The molecule has 0 unspecified atom stereocenters. The SMILES string of the molecule is CC(C)Cc1csc2c(-c3ccnc(-c4[c-]c5ccccc5c(C(C)(C)C)c4)c3)cncc12.CCC(CC)C(=O)/C=C(\O)C(CC)CC.[Ir]. The summed E-state index contributed by atoms with van der Waals surface area (Å²) in [7, 11) is 0. The number of aromatic nitrogens is 2. The Labute approximate surface area is 311 Å². The van der Waals surface area contributed by atoms with Gasteiger partial charge in [0, 0.05) is 78.0 Å². The van der Waals surface area contributed by atoms with E-state index < -0.39 is 0 Å². The minimum atomic E-state index is 0. The Morgan fingerprint density at radius 1 is 0.939 bits per heavy atom. The molecule has 4 nitrogen and oxygen atoms in total. The van der Waals surface area contributed by atoms with E-state index >= 15 is 0 Å². The third kappa shape index (κ3) is 9.96. The Morgan fingerprint density at radius 3 is 2.24 bits per heavy atom. The van der Waals surface area contributed by atoms with E-state index in [1.165, 1.54) is 38.2 Å². The quantitative estimate of drug-likeness (QED) is 0.0817. The third-order valence-corrected chi connectivity index (χ3v) is 10.3. The van der Waals surface area contributed by atoms with Crippen molar-refractivity contribution in [3.8, 4) is 22.4 Å². The number of aliphatic hydroxyl groups excluding tert-OH is 1. The van der Waals surface area contributed by atoms with Gasteiger partial charge in [0.15, 0.2) is 5.78 Å². The minimum absolute atomic E-state index is 0. The average Bonchev–Trinajstić information content (AvgIpc) is 3.47. The predicted octanol–water partition coefficient (Wildman–Crippen LogP) is 12.3. The largest absolute Gasteiger partial charge is 0.512 e. The second-order valence-corrected chi connectivity index (χ2v) is 15.1. The van der Waals surface area contributed by atoms with Gasteiger partial charge in [0.05, 0.1) is 5.76 Å². The third-order valence-electron chi connectivity index (χ3n) is 9.20. The van der Waals surface area contributed by atoms with Crippen LogP contribution in [0.2, 0.25) is 0 Å². The number of nitrogens with zero attached hydrogens (tertiary/aromatic N) is 2. The van der Waals surface area contributed by atoms with Gasteiger partial charge >= 0.3 is 0 Å². The fourth-order valence-electron chi connectivity index (χ4n) is 6.31. The van der Waals surface area contributed by atoms with Crippen molar-refractivity contribution < 1.29 is 30.0 Å². The van der Waals surface area contributed by atoms with E-state index in [-0.39, 0.29) is 48.9 Å². The Hall–Kier alpha value is -3.18. The molecule has 1 radical (unpaired) electrons. The maximum Gasteiger partial charge on any atom is 0.162 e. The normalized spacial score (nSPS) is 12.0. The van der Waals surface area contributed by atoms with E-state index in [9.17, 15) is 9.90 Å². The molecule has 5 aromatic rings. The van der Waals surface area contributed by atoms with E-state index in [1.807, 2.05) is 57.6 Å². The van der Waals surface area contributed by atoms with Gasteiger partial charge in [0.25, 0.3) is 0 Å². The number of aliphatic hydroxyl groups is 1. The first-order chi connectivity index (χ1) is 22.9. The first-order valence-corrected chi connectivity index (χ1v) is 18.5. The van der Waals surface area contributed by atoms with Crippen LogP contribution in [0.25, 0.3) is 43.2 Å². The van der Waals surface area contributed by atoms with Crippen molar-refractivity contribution in [2.24, 2.45) is 17.8 Å². The maximum absolute atomic E-state index is 11.7. The summed E-state index contributed by atoms with van der Waals surface area (Å²) < 4.78 is 1.30. The van der Waals surface area contributed by atoms with Crippen LogP contribution in [0.3, 0.4) is 0 Å². The molecule has 0 aliphatic heterocycles.